The number of nitrogens with one attached hydrogen (secondary N) is 1. The molecule has 1 saturated heterocycles. The number of hydrogen-bond acceptors (Lipinski definition) is 5. The first-order chi connectivity index (χ1) is 12.9. The van der Waals surface area contributed by atoms with E-state index in [1.165, 1.54) is 22.5 Å². The van der Waals surface area contributed by atoms with Crippen LogP contribution in [-0.2, 0) is 10.0 Å². The molecule has 27 heavy (non-hydrogen) atoms. The molecule has 1 N–H and O–H groups in total. The highest BCUT2D eigenvalue weighted by atomic mass is 79.9. The average Bonchev–Trinajstić information content (AvgIpc) is 3.10. The molecule has 1 fully saturated rings. The number of benzene rings is 1. The number of carbonyl (C=O) groups is 1. The summed E-state index contributed by atoms with van der Waals surface area (Å²) in [4.78, 5) is 12.5. The molecule has 0 aliphatic carbocycles. The number of furan rings is 1. The molecule has 146 valence electrons. The van der Waals surface area contributed by atoms with Crippen molar-refractivity contribution in [2.24, 2.45) is 0 Å². The highest BCUT2D eigenvalue weighted by Gasteiger charge is 2.27. The lowest BCUT2D eigenvalue weighted by Crippen LogP contribution is -2.35. The van der Waals surface area contributed by atoms with Crippen LogP contribution in [0, 0.1) is 0 Å². The number of anilines is 1. The normalized spacial score (nSPS) is 15.5. The highest BCUT2D eigenvalue weighted by molar-refractivity contribution is 9.10. The van der Waals surface area contributed by atoms with Gasteiger partial charge in [0.05, 0.1) is 17.2 Å². The van der Waals surface area contributed by atoms with Crippen molar-refractivity contribution in [1.82, 2.24) is 4.31 Å². The molecule has 0 radical (unpaired) electrons. The van der Waals surface area contributed by atoms with Gasteiger partial charge in [-0.25, -0.2) is 8.42 Å². The Hall–Kier alpha value is -1.84. The van der Waals surface area contributed by atoms with Crippen LogP contribution in [0.5, 0.6) is 5.75 Å². The molecule has 3 rings (SSSR count). The van der Waals surface area contributed by atoms with Gasteiger partial charge in [0.15, 0.2) is 10.4 Å². The van der Waals surface area contributed by atoms with Crippen molar-refractivity contribution in [3.05, 3.63) is 40.8 Å². The Morgan fingerprint density at radius 2 is 1.96 bits per heavy atom. The second-order valence-electron chi connectivity index (χ2n) is 6.11. The Morgan fingerprint density at radius 3 is 2.59 bits per heavy atom. The lowest BCUT2D eigenvalue weighted by atomic mass is 10.2. The van der Waals surface area contributed by atoms with E-state index < -0.39 is 15.9 Å². The summed E-state index contributed by atoms with van der Waals surface area (Å²) in [6, 6.07) is 7.64. The van der Waals surface area contributed by atoms with Crippen LogP contribution >= 0.6 is 15.9 Å². The molecule has 2 heterocycles. The van der Waals surface area contributed by atoms with Crippen LogP contribution in [0.3, 0.4) is 0 Å². The predicted molar refractivity (Wildman–Crippen MR) is 105 cm³/mol. The van der Waals surface area contributed by atoms with Gasteiger partial charge in [-0.1, -0.05) is 6.42 Å². The van der Waals surface area contributed by atoms with Gasteiger partial charge in [0.1, 0.15) is 5.75 Å². The fraction of sp³-hybridized carbons (Fsp3) is 0.389. The van der Waals surface area contributed by atoms with Gasteiger partial charge >= 0.3 is 0 Å². The smallest absolute Gasteiger partial charge is 0.291 e. The van der Waals surface area contributed by atoms with E-state index in [0.717, 1.165) is 19.3 Å². The third-order valence-corrected chi connectivity index (χ3v) is 6.57. The van der Waals surface area contributed by atoms with Crippen molar-refractivity contribution in [2.75, 3.05) is 25.0 Å². The molecule has 7 nitrogen and oxygen atoms in total. The number of piperidine rings is 1. The summed E-state index contributed by atoms with van der Waals surface area (Å²) in [6.07, 6.45) is 2.75. The van der Waals surface area contributed by atoms with E-state index in [2.05, 4.69) is 21.2 Å². The minimum absolute atomic E-state index is 0.105. The largest absolute Gasteiger partial charge is 0.492 e. The summed E-state index contributed by atoms with van der Waals surface area (Å²) in [5.41, 5.74) is 0.285. The molecule has 9 heteroatoms. The molecule has 1 aliphatic rings. The summed E-state index contributed by atoms with van der Waals surface area (Å²) in [5, 5.41) is 2.68. The Bertz CT molecular complexity index is 920. The monoisotopic (exact) mass is 456 g/mol. The Balaban J connectivity index is 1.91. The number of hydrogen-bond donors (Lipinski definition) is 1. The number of amides is 1. The summed E-state index contributed by atoms with van der Waals surface area (Å²) < 4.78 is 38.5. The quantitative estimate of drug-likeness (QED) is 0.712. The Labute approximate surface area is 166 Å². The predicted octanol–water partition coefficient (Wildman–Crippen LogP) is 3.87. The standard InChI is InChI=1S/C18H21BrN2O5S/c1-2-25-15-7-6-13(27(23,24)21-10-4-3-5-11-21)12-14(15)20-18(22)16-8-9-17(19)26-16/h6-9,12H,2-5,10-11H2,1H3,(H,20,22). The zero-order valence-electron chi connectivity index (χ0n) is 14.9. The van der Waals surface area contributed by atoms with Crippen molar-refractivity contribution in [1.29, 1.82) is 0 Å². The van der Waals surface area contributed by atoms with Crippen LogP contribution in [0.25, 0.3) is 0 Å². The molecular weight excluding hydrogens is 436 g/mol. The van der Waals surface area contributed by atoms with Gasteiger partial charge in [-0.05, 0) is 66.0 Å². The van der Waals surface area contributed by atoms with E-state index >= 15 is 0 Å². The van der Waals surface area contributed by atoms with Crippen LogP contribution in [-0.4, -0.2) is 38.3 Å². The number of rotatable bonds is 6. The molecule has 0 atom stereocenters. The fourth-order valence-electron chi connectivity index (χ4n) is 2.92. The highest BCUT2D eigenvalue weighted by Crippen LogP contribution is 2.31. The SMILES string of the molecule is CCOc1ccc(S(=O)(=O)N2CCCCC2)cc1NC(=O)c1ccc(Br)o1. The third-order valence-electron chi connectivity index (χ3n) is 4.25. The second-order valence-corrected chi connectivity index (χ2v) is 8.83. The maximum Gasteiger partial charge on any atom is 0.291 e. The molecule has 0 saturated carbocycles. The van der Waals surface area contributed by atoms with Crippen molar-refractivity contribution < 1.29 is 22.4 Å². The van der Waals surface area contributed by atoms with Crippen molar-refractivity contribution in [2.45, 2.75) is 31.1 Å². The molecular formula is C18H21BrN2O5S. The summed E-state index contributed by atoms with van der Waals surface area (Å²) in [5.74, 6) is 0.0110. The minimum atomic E-state index is -3.62. The molecule has 2 aromatic rings. The topological polar surface area (TPSA) is 88.9 Å². The number of ether oxygens (including phenoxy) is 1. The first kappa shape index (κ1) is 19.9. The van der Waals surface area contributed by atoms with E-state index in [1.807, 2.05) is 6.92 Å². The molecule has 0 unspecified atom stereocenters. The zero-order chi connectivity index (χ0) is 19.4. The van der Waals surface area contributed by atoms with Gasteiger partial charge < -0.3 is 14.5 Å². The van der Waals surface area contributed by atoms with Crippen LogP contribution in [0.2, 0.25) is 0 Å². The molecule has 1 aliphatic heterocycles. The van der Waals surface area contributed by atoms with E-state index in [9.17, 15) is 13.2 Å². The van der Waals surface area contributed by atoms with Crippen LogP contribution in [0.1, 0.15) is 36.7 Å². The van der Waals surface area contributed by atoms with E-state index in [-0.39, 0.29) is 16.3 Å². The molecule has 1 aromatic heterocycles. The van der Waals surface area contributed by atoms with E-state index in [1.54, 1.807) is 12.1 Å². The van der Waals surface area contributed by atoms with Crippen LogP contribution in [0.15, 0.2) is 44.3 Å². The molecule has 1 aromatic carbocycles. The Kier molecular flexibility index (Phi) is 6.23. The van der Waals surface area contributed by atoms with Gasteiger partial charge in [-0.2, -0.15) is 4.31 Å². The number of nitrogens with zero attached hydrogens (tertiary/aromatic N) is 1. The molecule has 0 spiro atoms. The lowest BCUT2D eigenvalue weighted by molar-refractivity contribution is 0.0995. The average molecular weight is 457 g/mol. The summed E-state index contributed by atoms with van der Waals surface area (Å²) in [6.45, 7) is 3.22. The van der Waals surface area contributed by atoms with Crippen molar-refractivity contribution in [3.8, 4) is 5.75 Å². The van der Waals surface area contributed by atoms with E-state index in [0.29, 0.717) is 30.1 Å². The van der Waals surface area contributed by atoms with Crippen LogP contribution < -0.4 is 10.1 Å². The third kappa shape index (κ3) is 4.53. The Morgan fingerprint density at radius 1 is 1.22 bits per heavy atom. The van der Waals surface area contributed by atoms with Gasteiger partial charge in [0.25, 0.3) is 5.91 Å². The van der Waals surface area contributed by atoms with Gasteiger partial charge in [0.2, 0.25) is 10.0 Å². The van der Waals surface area contributed by atoms with Crippen molar-refractivity contribution >= 4 is 37.5 Å². The van der Waals surface area contributed by atoms with Crippen LogP contribution in [0.4, 0.5) is 5.69 Å². The summed E-state index contributed by atoms with van der Waals surface area (Å²) >= 11 is 3.15. The zero-order valence-corrected chi connectivity index (χ0v) is 17.3. The fourth-order valence-corrected chi connectivity index (χ4v) is 4.77. The number of sulfonamides is 1. The minimum Gasteiger partial charge on any atom is -0.492 e. The maximum atomic E-state index is 12.9. The summed E-state index contributed by atoms with van der Waals surface area (Å²) in [7, 11) is -3.62. The second kappa shape index (κ2) is 8.45. The van der Waals surface area contributed by atoms with Gasteiger partial charge in [-0.3, -0.25) is 4.79 Å². The first-order valence-corrected chi connectivity index (χ1v) is 11.0. The van der Waals surface area contributed by atoms with Gasteiger partial charge in [0, 0.05) is 13.1 Å². The van der Waals surface area contributed by atoms with Crippen molar-refractivity contribution in [3.63, 3.8) is 0 Å². The number of carbonyl (C=O) groups excluding carboxylic acids is 1. The lowest BCUT2D eigenvalue weighted by Gasteiger charge is -2.26. The number of halogens is 1. The van der Waals surface area contributed by atoms with Gasteiger partial charge in [-0.15, -0.1) is 0 Å². The maximum absolute atomic E-state index is 12.9. The molecule has 0 bridgehead atoms. The molecule has 1 amide bonds. The van der Waals surface area contributed by atoms with E-state index in [4.69, 9.17) is 9.15 Å². The first-order valence-electron chi connectivity index (χ1n) is 8.75.